The Morgan fingerprint density at radius 3 is 2.80 bits per heavy atom. The molecule has 0 radical (unpaired) electrons. The maximum absolute atomic E-state index is 9.89. The highest BCUT2D eigenvalue weighted by Gasteiger charge is 2.17. The van der Waals surface area contributed by atoms with Crippen LogP contribution < -0.4 is 5.48 Å². The number of fused-ring (bicyclic) bond motifs is 1. The lowest BCUT2D eigenvalue weighted by Crippen LogP contribution is -2.10. The highest BCUT2D eigenvalue weighted by atomic mass is 79.9. The van der Waals surface area contributed by atoms with Crippen LogP contribution in [0.2, 0.25) is 0 Å². The van der Waals surface area contributed by atoms with Crippen molar-refractivity contribution in [3.8, 4) is 5.75 Å². The standard InChI is InChI=1S/C11H14BrNO2/c12-10-9-4-2-1-3-7(9)5-8(6-13-15)11(10)14/h5,13-15H,1-4,6H2. The molecule has 3 N–H and O–H groups in total. The van der Waals surface area contributed by atoms with Gasteiger partial charge in [-0.15, -0.1) is 0 Å². The molecule has 0 unspecified atom stereocenters. The number of aromatic hydroxyl groups is 1. The molecule has 0 bridgehead atoms. The summed E-state index contributed by atoms with van der Waals surface area (Å²) in [6.45, 7) is 0.276. The van der Waals surface area contributed by atoms with Gasteiger partial charge in [-0.2, -0.15) is 0 Å². The SMILES string of the molecule is ONCc1cc2c(c(Br)c1O)CCCC2. The maximum Gasteiger partial charge on any atom is 0.134 e. The second-order valence-corrected chi connectivity index (χ2v) is 4.67. The minimum Gasteiger partial charge on any atom is -0.506 e. The molecule has 0 amide bonds. The lowest BCUT2D eigenvalue weighted by Gasteiger charge is -2.20. The van der Waals surface area contributed by atoms with E-state index in [-0.39, 0.29) is 12.3 Å². The van der Waals surface area contributed by atoms with Crippen LogP contribution in [-0.2, 0) is 19.4 Å². The summed E-state index contributed by atoms with van der Waals surface area (Å²) in [5.74, 6) is 0.247. The Labute approximate surface area is 97.2 Å². The Morgan fingerprint density at radius 2 is 2.07 bits per heavy atom. The van der Waals surface area contributed by atoms with Gasteiger partial charge in [0.25, 0.3) is 0 Å². The van der Waals surface area contributed by atoms with Gasteiger partial charge in [0.15, 0.2) is 0 Å². The average molecular weight is 272 g/mol. The van der Waals surface area contributed by atoms with Crippen LogP contribution in [0.15, 0.2) is 10.5 Å². The fourth-order valence-corrected chi connectivity index (χ4v) is 2.83. The highest BCUT2D eigenvalue weighted by molar-refractivity contribution is 9.10. The lowest BCUT2D eigenvalue weighted by atomic mass is 9.90. The maximum atomic E-state index is 9.89. The van der Waals surface area contributed by atoms with Gasteiger partial charge in [-0.1, -0.05) is 6.07 Å². The number of aryl methyl sites for hydroxylation is 1. The molecule has 0 spiro atoms. The van der Waals surface area contributed by atoms with E-state index in [2.05, 4.69) is 21.4 Å². The lowest BCUT2D eigenvalue weighted by molar-refractivity contribution is 0.160. The third-order valence-corrected chi connectivity index (χ3v) is 3.76. The molecule has 1 aromatic rings. The van der Waals surface area contributed by atoms with E-state index >= 15 is 0 Å². The summed E-state index contributed by atoms with van der Waals surface area (Å²) in [5, 5.41) is 18.5. The number of hydrogen-bond acceptors (Lipinski definition) is 3. The first-order valence-electron chi connectivity index (χ1n) is 5.13. The van der Waals surface area contributed by atoms with E-state index in [1.54, 1.807) is 0 Å². The summed E-state index contributed by atoms with van der Waals surface area (Å²) in [7, 11) is 0. The van der Waals surface area contributed by atoms with E-state index < -0.39 is 0 Å². The molecule has 4 heteroatoms. The Balaban J connectivity index is 2.47. The molecular weight excluding hydrogens is 258 g/mol. The fourth-order valence-electron chi connectivity index (χ4n) is 2.12. The molecule has 1 aromatic carbocycles. The van der Waals surface area contributed by atoms with Crippen molar-refractivity contribution in [3.63, 3.8) is 0 Å². The first kappa shape index (κ1) is 10.9. The minimum absolute atomic E-state index is 0.247. The van der Waals surface area contributed by atoms with Crippen molar-refractivity contribution in [2.24, 2.45) is 0 Å². The van der Waals surface area contributed by atoms with Crippen LogP contribution in [-0.4, -0.2) is 10.3 Å². The van der Waals surface area contributed by atoms with Crippen LogP contribution in [0, 0.1) is 0 Å². The second-order valence-electron chi connectivity index (χ2n) is 3.88. The zero-order valence-electron chi connectivity index (χ0n) is 8.39. The van der Waals surface area contributed by atoms with Crippen molar-refractivity contribution in [2.45, 2.75) is 32.2 Å². The van der Waals surface area contributed by atoms with E-state index in [0.717, 1.165) is 22.9 Å². The molecule has 0 aliphatic heterocycles. The van der Waals surface area contributed by atoms with Crippen molar-refractivity contribution in [2.75, 3.05) is 0 Å². The van der Waals surface area contributed by atoms with Crippen LogP contribution in [0.3, 0.4) is 0 Å². The molecule has 1 aliphatic rings. The van der Waals surface area contributed by atoms with E-state index in [1.165, 1.54) is 24.0 Å². The van der Waals surface area contributed by atoms with Crippen molar-refractivity contribution >= 4 is 15.9 Å². The van der Waals surface area contributed by atoms with E-state index in [4.69, 9.17) is 5.21 Å². The predicted molar refractivity (Wildman–Crippen MR) is 61.1 cm³/mol. The van der Waals surface area contributed by atoms with Gasteiger partial charge in [0.05, 0.1) is 4.47 Å². The third-order valence-electron chi connectivity index (χ3n) is 2.91. The van der Waals surface area contributed by atoms with Crippen LogP contribution in [0.1, 0.15) is 29.5 Å². The Hall–Kier alpha value is -0.580. The number of phenols is 1. The molecule has 3 nitrogen and oxygen atoms in total. The summed E-state index contributed by atoms with van der Waals surface area (Å²) < 4.78 is 0.796. The monoisotopic (exact) mass is 271 g/mol. The smallest absolute Gasteiger partial charge is 0.134 e. The third kappa shape index (κ3) is 2.02. The number of benzene rings is 1. The van der Waals surface area contributed by atoms with E-state index in [0.29, 0.717) is 0 Å². The van der Waals surface area contributed by atoms with Gasteiger partial charge in [-0.05, 0) is 52.7 Å². The van der Waals surface area contributed by atoms with E-state index in [9.17, 15) is 5.11 Å². The molecule has 2 rings (SSSR count). The van der Waals surface area contributed by atoms with Crippen molar-refractivity contribution in [1.29, 1.82) is 0 Å². The van der Waals surface area contributed by atoms with E-state index in [1.807, 2.05) is 6.07 Å². The topological polar surface area (TPSA) is 52.5 Å². The Kier molecular flexibility index (Phi) is 3.29. The van der Waals surface area contributed by atoms with Gasteiger partial charge in [0.1, 0.15) is 5.75 Å². The molecule has 0 saturated heterocycles. The van der Waals surface area contributed by atoms with Gasteiger partial charge in [0, 0.05) is 12.1 Å². The quantitative estimate of drug-likeness (QED) is 0.725. The average Bonchev–Trinajstić information content (AvgIpc) is 2.26. The van der Waals surface area contributed by atoms with Gasteiger partial charge in [0.2, 0.25) is 0 Å². The normalized spacial score (nSPS) is 15.1. The Morgan fingerprint density at radius 1 is 1.33 bits per heavy atom. The predicted octanol–water partition coefficient (Wildman–Crippen LogP) is 2.51. The number of phenolic OH excluding ortho intramolecular Hbond substituents is 1. The highest BCUT2D eigenvalue weighted by Crippen LogP contribution is 2.37. The summed E-state index contributed by atoms with van der Waals surface area (Å²) in [6.07, 6.45) is 4.47. The minimum atomic E-state index is 0.247. The fraction of sp³-hybridized carbons (Fsp3) is 0.455. The first-order chi connectivity index (χ1) is 7.24. The number of hydrogen-bond donors (Lipinski definition) is 3. The molecular formula is C11H14BrNO2. The molecule has 82 valence electrons. The zero-order chi connectivity index (χ0) is 10.8. The van der Waals surface area contributed by atoms with Crippen molar-refractivity contribution in [3.05, 3.63) is 27.2 Å². The van der Waals surface area contributed by atoms with Gasteiger partial charge < -0.3 is 10.3 Å². The molecule has 0 atom stereocenters. The van der Waals surface area contributed by atoms with Crippen LogP contribution in [0.4, 0.5) is 0 Å². The summed E-state index contributed by atoms with van der Waals surface area (Å²) in [6, 6.07) is 1.98. The Bertz CT molecular complexity index is 379. The van der Waals surface area contributed by atoms with Crippen molar-refractivity contribution < 1.29 is 10.3 Å². The molecule has 0 heterocycles. The largest absolute Gasteiger partial charge is 0.506 e. The molecule has 0 aromatic heterocycles. The number of halogens is 1. The first-order valence-corrected chi connectivity index (χ1v) is 5.92. The summed E-state index contributed by atoms with van der Waals surface area (Å²) >= 11 is 3.43. The summed E-state index contributed by atoms with van der Waals surface area (Å²) in [5.41, 5.74) is 5.33. The molecule has 0 saturated carbocycles. The second kappa shape index (κ2) is 4.51. The van der Waals surface area contributed by atoms with Gasteiger partial charge in [-0.3, -0.25) is 0 Å². The molecule has 15 heavy (non-hydrogen) atoms. The zero-order valence-corrected chi connectivity index (χ0v) is 9.97. The summed E-state index contributed by atoms with van der Waals surface area (Å²) in [4.78, 5) is 0. The van der Waals surface area contributed by atoms with Crippen LogP contribution in [0.5, 0.6) is 5.75 Å². The number of hydroxylamine groups is 1. The number of rotatable bonds is 2. The number of nitrogens with one attached hydrogen (secondary N) is 1. The molecule has 0 fully saturated rings. The molecule has 1 aliphatic carbocycles. The van der Waals surface area contributed by atoms with Crippen LogP contribution in [0.25, 0.3) is 0 Å². The van der Waals surface area contributed by atoms with Crippen molar-refractivity contribution in [1.82, 2.24) is 5.48 Å². The van der Waals surface area contributed by atoms with Crippen LogP contribution >= 0.6 is 15.9 Å². The van der Waals surface area contributed by atoms with Gasteiger partial charge >= 0.3 is 0 Å². The van der Waals surface area contributed by atoms with Gasteiger partial charge in [-0.25, -0.2) is 5.48 Å².